The molecule has 2 aromatic rings. The summed E-state index contributed by atoms with van der Waals surface area (Å²) in [6, 6.07) is 9.33. The SMILES string of the molecule is CC(=O)c1ccc(N2CCN(C(=O)[C@H](CO)NC(=O)C(=O)c3cccs3)CC2)cc1. The third-order valence-corrected chi connectivity index (χ3v) is 5.84. The van der Waals surface area contributed by atoms with E-state index in [9.17, 15) is 24.3 Å². The second kappa shape index (κ2) is 9.64. The molecule has 8 nitrogen and oxygen atoms in total. The maximum atomic E-state index is 12.7. The molecule has 2 N–H and O–H groups in total. The highest BCUT2D eigenvalue weighted by Gasteiger charge is 2.30. The summed E-state index contributed by atoms with van der Waals surface area (Å²) in [7, 11) is 0. The van der Waals surface area contributed by atoms with Crippen molar-refractivity contribution in [3.63, 3.8) is 0 Å². The number of carbonyl (C=O) groups excluding carboxylic acids is 4. The van der Waals surface area contributed by atoms with Gasteiger partial charge >= 0.3 is 0 Å². The van der Waals surface area contributed by atoms with Gasteiger partial charge in [0.25, 0.3) is 11.7 Å². The fourth-order valence-corrected chi connectivity index (χ4v) is 3.90. The number of rotatable bonds is 7. The number of amides is 2. The van der Waals surface area contributed by atoms with Crippen LogP contribution >= 0.6 is 11.3 Å². The summed E-state index contributed by atoms with van der Waals surface area (Å²) in [6.07, 6.45) is 0. The molecule has 9 heteroatoms. The van der Waals surface area contributed by atoms with Crippen LogP contribution in [0, 0.1) is 0 Å². The number of ketones is 2. The number of Topliss-reactive ketones (excluding diaryl/α,β-unsaturated/α-hetero) is 2. The van der Waals surface area contributed by atoms with Gasteiger partial charge in [-0.15, -0.1) is 11.3 Å². The Balaban J connectivity index is 1.55. The Morgan fingerprint density at radius 3 is 2.27 bits per heavy atom. The van der Waals surface area contributed by atoms with Crippen molar-refractivity contribution >= 4 is 40.4 Å². The van der Waals surface area contributed by atoms with Crippen molar-refractivity contribution in [2.45, 2.75) is 13.0 Å². The highest BCUT2D eigenvalue weighted by atomic mass is 32.1. The van der Waals surface area contributed by atoms with Crippen LogP contribution in [0.2, 0.25) is 0 Å². The first kappa shape index (κ1) is 21.7. The highest BCUT2D eigenvalue weighted by molar-refractivity contribution is 7.13. The van der Waals surface area contributed by atoms with E-state index in [1.165, 1.54) is 13.0 Å². The van der Waals surface area contributed by atoms with E-state index < -0.39 is 30.2 Å². The van der Waals surface area contributed by atoms with Crippen molar-refractivity contribution in [1.82, 2.24) is 10.2 Å². The molecule has 158 valence electrons. The summed E-state index contributed by atoms with van der Waals surface area (Å²) in [5, 5.41) is 13.6. The quantitative estimate of drug-likeness (QED) is 0.502. The Morgan fingerprint density at radius 1 is 1.07 bits per heavy atom. The first-order chi connectivity index (χ1) is 14.4. The molecular weight excluding hydrogens is 406 g/mol. The maximum Gasteiger partial charge on any atom is 0.293 e. The minimum atomic E-state index is -1.16. The van der Waals surface area contributed by atoms with Gasteiger partial charge in [0.2, 0.25) is 5.91 Å². The van der Waals surface area contributed by atoms with Crippen LogP contribution in [0.25, 0.3) is 0 Å². The number of piperazine rings is 1. The van der Waals surface area contributed by atoms with Gasteiger partial charge < -0.3 is 20.2 Å². The fraction of sp³-hybridized carbons (Fsp3) is 0.333. The predicted molar refractivity (Wildman–Crippen MR) is 113 cm³/mol. The van der Waals surface area contributed by atoms with Gasteiger partial charge in [0.05, 0.1) is 11.5 Å². The number of thiophene rings is 1. The summed E-state index contributed by atoms with van der Waals surface area (Å²) < 4.78 is 0. The molecule has 0 radical (unpaired) electrons. The van der Waals surface area contributed by atoms with Crippen LogP contribution in [-0.4, -0.2) is 72.2 Å². The van der Waals surface area contributed by atoms with E-state index in [0.29, 0.717) is 31.7 Å². The van der Waals surface area contributed by atoms with Crippen LogP contribution in [0.15, 0.2) is 41.8 Å². The van der Waals surface area contributed by atoms with Gasteiger partial charge in [0.1, 0.15) is 6.04 Å². The van der Waals surface area contributed by atoms with E-state index in [2.05, 4.69) is 10.2 Å². The van der Waals surface area contributed by atoms with Crippen molar-refractivity contribution < 1.29 is 24.3 Å². The molecule has 0 saturated carbocycles. The molecule has 2 heterocycles. The predicted octanol–water partition coefficient (Wildman–Crippen LogP) is 0.959. The van der Waals surface area contributed by atoms with Crippen LogP contribution in [-0.2, 0) is 9.59 Å². The van der Waals surface area contributed by atoms with Gasteiger partial charge in [-0.1, -0.05) is 6.07 Å². The maximum absolute atomic E-state index is 12.7. The lowest BCUT2D eigenvalue weighted by atomic mass is 10.1. The molecular formula is C21H23N3O5S. The summed E-state index contributed by atoms with van der Waals surface area (Å²) in [5.74, 6) is -2.05. The lowest BCUT2D eigenvalue weighted by Crippen LogP contribution is -2.56. The van der Waals surface area contributed by atoms with E-state index in [4.69, 9.17) is 0 Å². The Labute approximate surface area is 178 Å². The molecule has 0 aliphatic carbocycles. The standard InChI is InChI=1S/C21H23N3O5S/c1-14(26)15-4-6-16(7-5-15)23-8-10-24(11-9-23)21(29)17(13-25)22-20(28)19(27)18-3-2-12-30-18/h2-7,12,17,25H,8-11,13H2,1H3,(H,22,28)/t17-/m0/s1. The number of anilines is 1. The number of carbonyl (C=O) groups is 4. The van der Waals surface area contributed by atoms with E-state index >= 15 is 0 Å². The summed E-state index contributed by atoms with van der Waals surface area (Å²) in [6.45, 7) is 2.91. The zero-order chi connectivity index (χ0) is 21.7. The first-order valence-electron chi connectivity index (χ1n) is 9.55. The topological polar surface area (TPSA) is 107 Å². The molecule has 0 unspecified atom stereocenters. The Bertz CT molecular complexity index is 919. The molecule has 2 amide bonds. The zero-order valence-corrected chi connectivity index (χ0v) is 17.4. The largest absolute Gasteiger partial charge is 0.394 e. The van der Waals surface area contributed by atoms with Crippen molar-refractivity contribution in [2.75, 3.05) is 37.7 Å². The molecule has 0 bridgehead atoms. The Hall–Kier alpha value is -3.04. The summed E-state index contributed by atoms with van der Waals surface area (Å²) >= 11 is 1.14. The monoisotopic (exact) mass is 429 g/mol. The molecule has 1 atom stereocenters. The molecule has 3 rings (SSSR count). The summed E-state index contributed by atoms with van der Waals surface area (Å²) in [5.41, 5.74) is 1.60. The molecule has 1 aromatic heterocycles. The van der Waals surface area contributed by atoms with Gasteiger partial charge in [-0.05, 0) is 42.6 Å². The number of nitrogens with zero attached hydrogens (tertiary/aromatic N) is 2. The Morgan fingerprint density at radius 2 is 1.73 bits per heavy atom. The lowest BCUT2D eigenvalue weighted by molar-refractivity contribution is -0.137. The third-order valence-electron chi connectivity index (χ3n) is 4.97. The third kappa shape index (κ3) is 4.92. The molecule has 1 saturated heterocycles. The minimum Gasteiger partial charge on any atom is -0.394 e. The van der Waals surface area contributed by atoms with E-state index in [0.717, 1.165) is 17.0 Å². The molecule has 1 aliphatic heterocycles. The average Bonchev–Trinajstić information content (AvgIpc) is 3.31. The van der Waals surface area contributed by atoms with Gasteiger partial charge in [-0.3, -0.25) is 19.2 Å². The van der Waals surface area contributed by atoms with Gasteiger partial charge in [0.15, 0.2) is 5.78 Å². The lowest BCUT2D eigenvalue weighted by Gasteiger charge is -2.37. The van der Waals surface area contributed by atoms with Crippen molar-refractivity contribution in [3.8, 4) is 0 Å². The van der Waals surface area contributed by atoms with Crippen molar-refractivity contribution in [2.24, 2.45) is 0 Å². The smallest absolute Gasteiger partial charge is 0.293 e. The van der Waals surface area contributed by atoms with Crippen LogP contribution in [0.3, 0.4) is 0 Å². The van der Waals surface area contributed by atoms with Crippen LogP contribution in [0.5, 0.6) is 0 Å². The molecule has 1 fully saturated rings. The van der Waals surface area contributed by atoms with Crippen LogP contribution in [0.4, 0.5) is 5.69 Å². The van der Waals surface area contributed by atoms with Crippen molar-refractivity contribution in [3.05, 3.63) is 52.2 Å². The molecule has 30 heavy (non-hydrogen) atoms. The van der Waals surface area contributed by atoms with Crippen LogP contribution in [0.1, 0.15) is 27.0 Å². The number of aliphatic hydroxyl groups is 1. The Kier molecular flexibility index (Phi) is 6.96. The second-order valence-electron chi connectivity index (χ2n) is 6.93. The molecule has 0 spiro atoms. The van der Waals surface area contributed by atoms with E-state index in [-0.39, 0.29) is 10.7 Å². The average molecular weight is 429 g/mol. The normalized spacial score (nSPS) is 14.9. The molecule has 1 aromatic carbocycles. The van der Waals surface area contributed by atoms with E-state index in [1.807, 2.05) is 12.1 Å². The number of hydrogen-bond acceptors (Lipinski definition) is 7. The number of nitrogens with one attached hydrogen (secondary N) is 1. The zero-order valence-electron chi connectivity index (χ0n) is 16.5. The molecule has 1 aliphatic rings. The van der Waals surface area contributed by atoms with Gasteiger partial charge in [-0.25, -0.2) is 0 Å². The summed E-state index contributed by atoms with van der Waals surface area (Å²) in [4.78, 5) is 52.3. The van der Waals surface area contributed by atoms with E-state index in [1.54, 1.807) is 28.5 Å². The van der Waals surface area contributed by atoms with Crippen LogP contribution < -0.4 is 10.2 Å². The number of benzene rings is 1. The van der Waals surface area contributed by atoms with Crippen molar-refractivity contribution in [1.29, 1.82) is 0 Å². The number of aliphatic hydroxyl groups excluding tert-OH is 1. The minimum absolute atomic E-state index is 0.00613. The fourth-order valence-electron chi connectivity index (χ4n) is 3.24. The van der Waals surface area contributed by atoms with Gasteiger partial charge in [0, 0.05) is 37.4 Å². The number of hydrogen-bond donors (Lipinski definition) is 2. The first-order valence-corrected chi connectivity index (χ1v) is 10.4. The second-order valence-corrected chi connectivity index (χ2v) is 7.88. The highest BCUT2D eigenvalue weighted by Crippen LogP contribution is 2.18. The van der Waals surface area contributed by atoms with Gasteiger partial charge in [-0.2, -0.15) is 0 Å².